The second-order valence-corrected chi connectivity index (χ2v) is 9.70. The van der Waals surface area contributed by atoms with Crippen molar-refractivity contribution in [2.45, 2.75) is 39.3 Å². The first-order valence-corrected chi connectivity index (χ1v) is 12.9. The summed E-state index contributed by atoms with van der Waals surface area (Å²) in [7, 11) is 0. The van der Waals surface area contributed by atoms with Gasteiger partial charge in [0.15, 0.2) is 0 Å². The summed E-state index contributed by atoms with van der Waals surface area (Å²) in [5.74, 6) is 0.0785. The van der Waals surface area contributed by atoms with E-state index in [0.29, 0.717) is 31.1 Å². The van der Waals surface area contributed by atoms with Crippen LogP contribution in [0.5, 0.6) is 0 Å². The minimum Gasteiger partial charge on any atom is -0.338 e. The van der Waals surface area contributed by atoms with Crippen molar-refractivity contribution in [1.82, 2.24) is 14.8 Å². The van der Waals surface area contributed by atoms with Gasteiger partial charge in [0.05, 0.1) is 6.42 Å². The van der Waals surface area contributed by atoms with Crippen LogP contribution in [-0.2, 0) is 29.1 Å². The summed E-state index contributed by atoms with van der Waals surface area (Å²) in [6, 6.07) is 19.4. The van der Waals surface area contributed by atoms with Gasteiger partial charge in [-0.1, -0.05) is 48.0 Å². The zero-order chi connectivity index (χ0) is 25.3. The van der Waals surface area contributed by atoms with Crippen LogP contribution in [0.3, 0.4) is 0 Å². The third kappa shape index (κ3) is 7.15. The Morgan fingerprint density at radius 3 is 2.36 bits per heavy atom. The Balaban J connectivity index is 1.58. The second kappa shape index (κ2) is 12.7. The van der Waals surface area contributed by atoms with E-state index in [0.717, 1.165) is 54.9 Å². The van der Waals surface area contributed by atoms with Crippen LogP contribution >= 0.6 is 11.6 Å². The van der Waals surface area contributed by atoms with Crippen molar-refractivity contribution in [3.63, 3.8) is 0 Å². The number of halogens is 1. The Labute approximate surface area is 218 Å². The quantitative estimate of drug-likeness (QED) is 0.504. The van der Waals surface area contributed by atoms with E-state index < -0.39 is 0 Å². The second-order valence-electron chi connectivity index (χ2n) is 9.26. The molecule has 0 radical (unpaired) electrons. The van der Waals surface area contributed by atoms with E-state index in [4.69, 9.17) is 11.6 Å². The summed E-state index contributed by atoms with van der Waals surface area (Å²) in [6.07, 6.45) is 5.73. The summed E-state index contributed by atoms with van der Waals surface area (Å²) >= 11 is 6.03. The van der Waals surface area contributed by atoms with Crippen molar-refractivity contribution in [3.8, 4) is 0 Å². The van der Waals surface area contributed by atoms with Crippen LogP contribution in [0.25, 0.3) is 0 Å². The maximum Gasteiger partial charge on any atom is 0.227 e. The molecular formula is C29H33ClN4O2. The molecule has 0 saturated heterocycles. The Morgan fingerprint density at radius 1 is 0.889 bits per heavy atom. The Hall–Kier alpha value is -3.22. The number of fused-ring (bicyclic) bond motifs is 1. The molecule has 4 rings (SSSR count). The molecule has 0 aliphatic carbocycles. The smallest absolute Gasteiger partial charge is 0.227 e. The molecule has 0 bridgehead atoms. The number of benzene rings is 2. The number of nitrogens with zero attached hydrogens (tertiary/aromatic N) is 4. The third-order valence-corrected chi connectivity index (χ3v) is 6.78. The number of pyridine rings is 1. The van der Waals surface area contributed by atoms with Gasteiger partial charge in [-0.3, -0.25) is 19.5 Å². The highest BCUT2D eigenvalue weighted by Gasteiger charge is 2.21. The number of para-hydroxylation sites is 1. The fourth-order valence-electron chi connectivity index (χ4n) is 4.70. The predicted molar refractivity (Wildman–Crippen MR) is 144 cm³/mol. The van der Waals surface area contributed by atoms with E-state index in [9.17, 15) is 9.59 Å². The molecule has 3 aromatic rings. The average molecular weight is 505 g/mol. The molecular weight excluding hydrogens is 472 g/mol. The number of carbonyl (C=O) groups excluding carboxylic acids is 2. The van der Waals surface area contributed by atoms with Crippen molar-refractivity contribution in [2.24, 2.45) is 0 Å². The van der Waals surface area contributed by atoms with Gasteiger partial charge in [-0.15, -0.1) is 0 Å². The van der Waals surface area contributed by atoms with E-state index in [-0.39, 0.29) is 11.8 Å². The van der Waals surface area contributed by atoms with E-state index in [1.807, 2.05) is 70.6 Å². The largest absolute Gasteiger partial charge is 0.338 e. The number of aromatic nitrogens is 1. The van der Waals surface area contributed by atoms with Crippen LogP contribution in [0.1, 0.15) is 36.5 Å². The van der Waals surface area contributed by atoms with Crippen molar-refractivity contribution in [3.05, 3.63) is 94.8 Å². The van der Waals surface area contributed by atoms with Crippen LogP contribution in [0, 0.1) is 0 Å². The van der Waals surface area contributed by atoms with Crippen LogP contribution in [-0.4, -0.2) is 52.8 Å². The molecule has 1 aliphatic rings. The van der Waals surface area contributed by atoms with E-state index in [2.05, 4.69) is 16.0 Å². The molecule has 6 nitrogen and oxygen atoms in total. The van der Waals surface area contributed by atoms with E-state index in [1.165, 1.54) is 0 Å². The van der Waals surface area contributed by atoms with Crippen LogP contribution in [0.15, 0.2) is 73.1 Å². The zero-order valence-corrected chi connectivity index (χ0v) is 21.5. The average Bonchev–Trinajstić information content (AvgIpc) is 2.87. The lowest BCUT2D eigenvalue weighted by molar-refractivity contribution is -0.131. The van der Waals surface area contributed by atoms with Crippen molar-refractivity contribution in [2.75, 3.05) is 31.1 Å². The van der Waals surface area contributed by atoms with Gasteiger partial charge in [-0.05, 0) is 53.8 Å². The number of hydrogen-bond donors (Lipinski definition) is 0. The van der Waals surface area contributed by atoms with Crippen LogP contribution in [0.4, 0.5) is 5.69 Å². The van der Waals surface area contributed by atoms with Crippen LogP contribution < -0.4 is 4.90 Å². The summed E-state index contributed by atoms with van der Waals surface area (Å²) in [5, 5.41) is 0.657. The van der Waals surface area contributed by atoms with Crippen LogP contribution in [0.2, 0.25) is 5.02 Å². The summed E-state index contributed by atoms with van der Waals surface area (Å²) in [4.78, 5) is 36.5. The Bertz CT molecular complexity index is 1150. The highest BCUT2D eigenvalue weighted by molar-refractivity contribution is 6.30. The normalized spacial score (nSPS) is 15.5. The van der Waals surface area contributed by atoms with E-state index >= 15 is 0 Å². The van der Waals surface area contributed by atoms with Crippen molar-refractivity contribution in [1.29, 1.82) is 0 Å². The van der Waals surface area contributed by atoms with Gasteiger partial charge in [0.2, 0.25) is 11.8 Å². The monoisotopic (exact) mass is 504 g/mol. The SMILES string of the molecule is CC(=O)N1CCCN(Cc2cccnc2)CCCN(C(=O)Cc2ccc(Cl)cc2)Cc2ccccc21. The van der Waals surface area contributed by atoms with Crippen molar-refractivity contribution < 1.29 is 9.59 Å². The first-order valence-electron chi connectivity index (χ1n) is 12.5. The fourth-order valence-corrected chi connectivity index (χ4v) is 4.82. The molecule has 0 atom stereocenters. The van der Waals surface area contributed by atoms with Gasteiger partial charge in [-0.2, -0.15) is 0 Å². The highest BCUT2D eigenvalue weighted by atomic mass is 35.5. The molecule has 2 amide bonds. The van der Waals surface area contributed by atoms with Gasteiger partial charge in [0.1, 0.15) is 0 Å². The molecule has 0 N–H and O–H groups in total. The molecule has 0 spiro atoms. The maximum absolute atomic E-state index is 13.5. The lowest BCUT2D eigenvalue weighted by Gasteiger charge is -2.31. The zero-order valence-electron chi connectivity index (χ0n) is 20.8. The number of carbonyl (C=O) groups is 2. The number of hydrogen-bond acceptors (Lipinski definition) is 4. The summed E-state index contributed by atoms with van der Waals surface area (Å²) < 4.78 is 0. The number of rotatable bonds is 4. The van der Waals surface area contributed by atoms with Crippen molar-refractivity contribution >= 4 is 29.1 Å². The maximum atomic E-state index is 13.5. The molecule has 2 aromatic carbocycles. The minimum atomic E-state index is 0.0114. The Kier molecular flexibility index (Phi) is 9.09. The van der Waals surface area contributed by atoms with Gasteiger partial charge in [-0.25, -0.2) is 0 Å². The Morgan fingerprint density at radius 2 is 1.64 bits per heavy atom. The van der Waals surface area contributed by atoms with E-state index in [1.54, 1.807) is 13.1 Å². The molecule has 1 aromatic heterocycles. The minimum absolute atomic E-state index is 0.0114. The molecule has 2 heterocycles. The molecule has 0 unspecified atom stereocenters. The van der Waals surface area contributed by atoms with Gasteiger partial charge >= 0.3 is 0 Å². The lowest BCUT2D eigenvalue weighted by Crippen LogP contribution is -2.38. The molecule has 1 aliphatic heterocycles. The standard InChI is InChI=1S/C29H33ClN4O2/c1-23(35)34-18-6-16-32(21-25-7-4-14-31-20-25)15-5-17-33(22-26-8-2-3-9-28(26)34)29(36)19-24-10-12-27(30)13-11-24/h2-4,7-14,20H,5-6,15-19,21-22H2,1H3. The molecule has 36 heavy (non-hydrogen) atoms. The number of amides is 2. The first kappa shape index (κ1) is 25.9. The molecule has 7 heteroatoms. The lowest BCUT2D eigenvalue weighted by atomic mass is 10.1. The third-order valence-electron chi connectivity index (χ3n) is 6.53. The molecule has 188 valence electrons. The van der Waals surface area contributed by atoms with Gasteiger partial charge in [0.25, 0.3) is 0 Å². The first-order chi connectivity index (χ1) is 17.5. The summed E-state index contributed by atoms with van der Waals surface area (Å²) in [5.41, 5.74) is 3.97. The van der Waals surface area contributed by atoms with Gasteiger partial charge in [0, 0.05) is 69.3 Å². The molecule has 0 saturated carbocycles. The fraction of sp³-hybridized carbons (Fsp3) is 0.345. The number of anilines is 1. The predicted octanol–water partition coefficient (Wildman–Crippen LogP) is 4.96. The molecule has 0 fully saturated rings. The van der Waals surface area contributed by atoms with Gasteiger partial charge < -0.3 is 9.80 Å². The summed E-state index contributed by atoms with van der Waals surface area (Å²) in [6.45, 7) is 5.87. The topological polar surface area (TPSA) is 56.8 Å². The highest BCUT2D eigenvalue weighted by Crippen LogP contribution is 2.24.